The van der Waals surface area contributed by atoms with Gasteiger partial charge in [-0.15, -0.1) is 0 Å². The van der Waals surface area contributed by atoms with Gasteiger partial charge in [0.15, 0.2) is 0 Å². The molecule has 4 nitrogen and oxygen atoms in total. The second-order valence-electron chi connectivity index (χ2n) is 5.15. The first-order valence-electron chi connectivity index (χ1n) is 6.83. The molecule has 1 aromatic carbocycles. The van der Waals surface area contributed by atoms with E-state index < -0.39 is 0 Å². The number of hydrogen-bond donors (Lipinski definition) is 1. The van der Waals surface area contributed by atoms with Crippen LogP contribution < -0.4 is 10.1 Å². The van der Waals surface area contributed by atoms with E-state index in [1.165, 1.54) is 16.6 Å². The first-order valence-corrected chi connectivity index (χ1v) is 6.83. The standard InChI is InChI=1S/C15H21N3O/c1-17-13(11-18-7-5-16-6-8-18)9-12-3-4-14(19-2)10-15(12)17/h3-4,9-10,16H,5-8,11H2,1-2H3. The normalized spacial score (nSPS) is 16.9. The van der Waals surface area contributed by atoms with E-state index in [9.17, 15) is 0 Å². The van der Waals surface area contributed by atoms with Gasteiger partial charge >= 0.3 is 0 Å². The van der Waals surface area contributed by atoms with E-state index in [0.29, 0.717) is 0 Å². The number of benzene rings is 1. The summed E-state index contributed by atoms with van der Waals surface area (Å²) in [5.74, 6) is 0.919. The maximum atomic E-state index is 5.30. The van der Waals surface area contributed by atoms with Gasteiger partial charge in [0.25, 0.3) is 0 Å². The van der Waals surface area contributed by atoms with Crippen LogP contribution in [-0.2, 0) is 13.6 Å². The number of fused-ring (bicyclic) bond motifs is 1. The minimum Gasteiger partial charge on any atom is -0.497 e. The Morgan fingerprint density at radius 3 is 2.74 bits per heavy atom. The van der Waals surface area contributed by atoms with Crippen molar-refractivity contribution in [3.05, 3.63) is 30.0 Å². The summed E-state index contributed by atoms with van der Waals surface area (Å²) in [6.07, 6.45) is 0. The Bertz CT molecular complexity index is 570. The van der Waals surface area contributed by atoms with Crippen molar-refractivity contribution in [2.75, 3.05) is 33.3 Å². The molecule has 3 rings (SSSR count). The summed E-state index contributed by atoms with van der Waals surface area (Å²) in [7, 11) is 3.85. The highest BCUT2D eigenvalue weighted by molar-refractivity contribution is 5.82. The zero-order valence-corrected chi connectivity index (χ0v) is 11.6. The highest BCUT2D eigenvalue weighted by atomic mass is 16.5. The lowest BCUT2D eigenvalue weighted by molar-refractivity contribution is 0.229. The van der Waals surface area contributed by atoms with E-state index >= 15 is 0 Å². The molecule has 1 aromatic heterocycles. The fraction of sp³-hybridized carbons (Fsp3) is 0.467. The molecule has 0 atom stereocenters. The van der Waals surface area contributed by atoms with Crippen LogP contribution in [0, 0.1) is 0 Å². The molecule has 1 aliphatic heterocycles. The Labute approximate surface area is 114 Å². The number of methoxy groups -OCH3 is 1. The second-order valence-corrected chi connectivity index (χ2v) is 5.15. The molecule has 2 heterocycles. The predicted octanol–water partition coefficient (Wildman–Crippen LogP) is 1.59. The van der Waals surface area contributed by atoms with Gasteiger partial charge in [-0.25, -0.2) is 0 Å². The monoisotopic (exact) mass is 259 g/mol. The number of nitrogens with one attached hydrogen (secondary N) is 1. The highest BCUT2D eigenvalue weighted by Crippen LogP contribution is 2.24. The van der Waals surface area contributed by atoms with Gasteiger partial charge in [-0.1, -0.05) is 0 Å². The van der Waals surface area contributed by atoms with Crippen molar-refractivity contribution < 1.29 is 4.74 Å². The van der Waals surface area contributed by atoms with E-state index in [-0.39, 0.29) is 0 Å². The summed E-state index contributed by atoms with van der Waals surface area (Å²) in [4.78, 5) is 2.50. The predicted molar refractivity (Wildman–Crippen MR) is 77.6 cm³/mol. The van der Waals surface area contributed by atoms with Gasteiger partial charge < -0.3 is 14.6 Å². The topological polar surface area (TPSA) is 29.4 Å². The number of aryl methyl sites for hydroxylation is 1. The van der Waals surface area contributed by atoms with Crippen LogP contribution in [0.15, 0.2) is 24.3 Å². The Morgan fingerprint density at radius 2 is 2.00 bits per heavy atom. The average Bonchev–Trinajstić information content (AvgIpc) is 2.76. The molecule has 1 saturated heterocycles. The van der Waals surface area contributed by atoms with E-state index in [0.717, 1.165) is 38.5 Å². The Morgan fingerprint density at radius 1 is 1.21 bits per heavy atom. The van der Waals surface area contributed by atoms with Gasteiger partial charge in [0.2, 0.25) is 0 Å². The highest BCUT2D eigenvalue weighted by Gasteiger charge is 2.13. The fourth-order valence-electron chi connectivity index (χ4n) is 2.74. The molecule has 0 aliphatic carbocycles. The zero-order chi connectivity index (χ0) is 13.2. The molecule has 0 amide bonds. The van der Waals surface area contributed by atoms with E-state index in [4.69, 9.17) is 4.74 Å². The van der Waals surface area contributed by atoms with Gasteiger partial charge in [-0.3, -0.25) is 4.90 Å². The van der Waals surface area contributed by atoms with Crippen molar-refractivity contribution in [1.82, 2.24) is 14.8 Å². The SMILES string of the molecule is COc1ccc2cc(CN3CCNCC3)n(C)c2c1. The molecule has 2 aromatic rings. The number of piperazine rings is 1. The second kappa shape index (κ2) is 5.23. The van der Waals surface area contributed by atoms with Crippen molar-refractivity contribution in [1.29, 1.82) is 0 Å². The van der Waals surface area contributed by atoms with Crippen molar-refractivity contribution in [2.24, 2.45) is 7.05 Å². The Kier molecular flexibility index (Phi) is 3.44. The molecule has 4 heteroatoms. The molecule has 1 aliphatic rings. The third-order valence-corrected chi connectivity index (χ3v) is 3.95. The smallest absolute Gasteiger partial charge is 0.120 e. The minimum absolute atomic E-state index is 0.919. The van der Waals surface area contributed by atoms with Crippen LogP contribution in [0.2, 0.25) is 0 Å². The van der Waals surface area contributed by atoms with Gasteiger partial charge in [0, 0.05) is 56.9 Å². The van der Waals surface area contributed by atoms with Crippen LogP contribution in [0.3, 0.4) is 0 Å². The summed E-state index contributed by atoms with van der Waals surface area (Å²) >= 11 is 0. The molecular formula is C15H21N3O. The molecule has 0 unspecified atom stereocenters. The quantitative estimate of drug-likeness (QED) is 0.908. The molecule has 0 saturated carbocycles. The lowest BCUT2D eigenvalue weighted by atomic mass is 10.2. The van der Waals surface area contributed by atoms with Gasteiger partial charge in [0.1, 0.15) is 5.75 Å². The van der Waals surface area contributed by atoms with Crippen molar-refractivity contribution in [2.45, 2.75) is 6.54 Å². The lowest BCUT2D eigenvalue weighted by Gasteiger charge is -2.27. The zero-order valence-electron chi connectivity index (χ0n) is 11.6. The molecular weight excluding hydrogens is 238 g/mol. The maximum Gasteiger partial charge on any atom is 0.120 e. The third-order valence-electron chi connectivity index (χ3n) is 3.95. The molecule has 1 fully saturated rings. The first-order chi connectivity index (χ1) is 9.28. The number of aromatic nitrogens is 1. The number of ether oxygens (including phenoxy) is 1. The summed E-state index contributed by atoms with van der Waals surface area (Å²) in [5.41, 5.74) is 2.61. The molecule has 0 bridgehead atoms. The lowest BCUT2D eigenvalue weighted by Crippen LogP contribution is -2.43. The summed E-state index contributed by atoms with van der Waals surface area (Å²) in [5, 5.41) is 4.68. The molecule has 1 N–H and O–H groups in total. The van der Waals surface area contributed by atoms with Crippen molar-refractivity contribution >= 4 is 10.9 Å². The number of hydrogen-bond acceptors (Lipinski definition) is 3. The Hall–Kier alpha value is -1.52. The van der Waals surface area contributed by atoms with Gasteiger partial charge in [0.05, 0.1) is 12.6 Å². The maximum absolute atomic E-state index is 5.30. The van der Waals surface area contributed by atoms with Crippen molar-refractivity contribution in [3.8, 4) is 5.75 Å². The van der Waals surface area contributed by atoms with Crippen LogP contribution in [0.5, 0.6) is 5.75 Å². The number of rotatable bonds is 3. The molecule has 0 radical (unpaired) electrons. The first kappa shape index (κ1) is 12.5. The van der Waals surface area contributed by atoms with Gasteiger partial charge in [-0.2, -0.15) is 0 Å². The summed E-state index contributed by atoms with van der Waals surface area (Å²) < 4.78 is 7.58. The molecule has 0 spiro atoms. The van der Waals surface area contributed by atoms with Crippen LogP contribution in [0.1, 0.15) is 5.69 Å². The van der Waals surface area contributed by atoms with E-state index in [1.54, 1.807) is 7.11 Å². The fourth-order valence-corrected chi connectivity index (χ4v) is 2.74. The molecule has 19 heavy (non-hydrogen) atoms. The summed E-state index contributed by atoms with van der Waals surface area (Å²) in [6.45, 7) is 5.47. The van der Waals surface area contributed by atoms with E-state index in [2.05, 4.69) is 40.0 Å². The van der Waals surface area contributed by atoms with Crippen LogP contribution in [0.25, 0.3) is 10.9 Å². The minimum atomic E-state index is 0.919. The molecule has 102 valence electrons. The van der Waals surface area contributed by atoms with Crippen molar-refractivity contribution in [3.63, 3.8) is 0 Å². The number of nitrogens with zero attached hydrogens (tertiary/aromatic N) is 2. The Balaban J connectivity index is 1.88. The average molecular weight is 259 g/mol. The summed E-state index contributed by atoms with van der Waals surface area (Å²) in [6, 6.07) is 8.56. The van der Waals surface area contributed by atoms with E-state index in [1.807, 2.05) is 6.07 Å². The third kappa shape index (κ3) is 2.46. The van der Waals surface area contributed by atoms with Gasteiger partial charge in [-0.05, 0) is 18.2 Å². The largest absolute Gasteiger partial charge is 0.497 e. The van der Waals surface area contributed by atoms with Crippen LogP contribution in [0.4, 0.5) is 0 Å². The van der Waals surface area contributed by atoms with Crippen LogP contribution in [-0.4, -0.2) is 42.8 Å². The van der Waals surface area contributed by atoms with Crippen LogP contribution >= 0.6 is 0 Å².